The van der Waals surface area contributed by atoms with Gasteiger partial charge < -0.3 is 9.47 Å². The van der Waals surface area contributed by atoms with Crippen LogP contribution in [0.3, 0.4) is 0 Å². The molecular formula is C14H18N2O2. The van der Waals surface area contributed by atoms with Crippen LogP contribution in [0, 0.1) is 11.3 Å². The van der Waals surface area contributed by atoms with Crippen molar-refractivity contribution >= 4 is 0 Å². The summed E-state index contributed by atoms with van der Waals surface area (Å²) in [6, 6.07) is 9.88. The number of fused-ring (bicyclic) bond motifs is 1. The van der Waals surface area contributed by atoms with Crippen LogP contribution in [-0.4, -0.2) is 37.2 Å². The molecular weight excluding hydrogens is 228 g/mol. The maximum absolute atomic E-state index is 8.79. The predicted octanol–water partition coefficient (Wildman–Crippen LogP) is 2.06. The lowest BCUT2D eigenvalue weighted by atomic mass is 10.2. The lowest BCUT2D eigenvalue weighted by Gasteiger charge is -2.30. The summed E-state index contributed by atoms with van der Waals surface area (Å²) in [6.07, 6.45) is 1.03. The van der Waals surface area contributed by atoms with Crippen molar-refractivity contribution in [1.29, 1.82) is 5.26 Å². The second-order valence-corrected chi connectivity index (χ2v) is 4.39. The van der Waals surface area contributed by atoms with Crippen LogP contribution in [0.4, 0.5) is 0 Å². The number of para-hydroxylation sites is 2. The molecule has 1 aromatic rings. The lowest BCUT2D eigenvalue weighted by Crippen LogP contribution is -2.41. The van der Waals surface area contributed by atoms with Crippen molar-refractivity contribution in [3.05, 3.63) is 24.3 Å². The van der Waals surface area contributed by atoms with Crippen LogP contribution in [-0.2, 0) is 0 Å². The maximum Gasteiger partial charge on any atom is 0.161 e. The van der Waals surface area contributed by atoms with E-state index in [-0.39, 0.29) is 6.10 Å². The van der Waals surface area contributed by atoms with E-state index in [2.05, 4.69) is 17.9 Å². The largest absolute Gasteiger partial charge is 0.486 e. The van der Waals surface area contributed by atoms with Crippen LogP contribution in [0.1, 0.15) is 13.3 Å². The number of benzene rings is 1. The van der Waals surface area contributed by atoms with Crippen LogP contribution in [0.2, 0.25) is 0 Å². The number of nitrogens with zero attached hydrogens (tertiary/aromatic N) is 2. The zero-order chi connectivity index (χ0) is 12.8. The van der Waals surface area contributed by atoms with Crippen molar-refractivity contribution < 1.29 is 9.47 Å². The van der Waals surface area contributed by atoms with Gasteiger partial charge in [-0.1, -0.05) is 19.1 Å². The fourth-order valence-corrected chi connectivity index (χ4v) is 2.09. The van der Waals surface area contributed by atoms with E-state index in [0.29, 0.717) is 13.2 Å². The maximum atomic E-state index is 8.79. The van der Waals surface area contributed by atoms with Gasteiger partial charge in [-0.15, -0.1) is 0 Å². The first kappa shape index (κ1) is 12.7. The van der Waals surface area contributed by atoms with Gasteiger partial charge in [0, 0.05) is 6.54 Å². The van der Waals surface area contributed by atoms with Gasteiger partial charge in [-0.3, -0.25) is 4.90 Å². The summed E-state index contributed by atoms with van der Waals surface area (Å²) in [4.78, 5) is 2.10. The molecule has 0 spiro atoms. The normalized spacial score (nSPS) is 17.5. The molecule has 0 aliphatic carbocycles. The number of hydrogen-bond donors (Lipinski definition) is 0. The molecule has 2 rings (SSSR count). The fourth-order valence-electron chi connectivity index (χ4n) is 2.09. The van der Waals surface area contributed by atoms with E-state index in [1.807, 2.05) is 24.3 Å². The molecule has 0 saturated carbocycles. The second kappa shape index (κ2) is 6.27. The predicted molar refractivity (Wildman–Crippen MR) is 68.7 cm³/mol. The van der Waals surface area contributed by atoms with E-state index in [4.69, 9.17) is 14.7 Å². The topological polar surface area (TPSA) is 45.5 Å². The van der Waals surface area contributed by atoms with Crippen molar-refractivity contribution in [1.82, 2.24) is 4.90 Å². The molecule has 1 aliphatic heterocycles. The molecule has 96 valence electrons. The van der Waals surface area contributed by atoms with E-state index in [0.717, 1.165) is 31.0 Å². The van der Waals surface area contributed by atoms with Gasteiger partial charge in [-0.2, -0.15) is 5.26 Å². The third-order valence-electron chi connectivity index (χ3n) is 2.86. The summed E-state index contributed by atoms with van der Waals surface area (Å²) in [5.41, 5.74) is 0. The van der Waals surface area contributed by atoms with Crippen LogP contribution < -0.4 is 9.47 Å². The smallest absolute Gasteiger partial charge is 0.161 e. The molecule has 4 nitrogen and oxygen atoms in total. The molecule has 0 saturated heterocycles. The van der Waals surface area contributed by atoms with Crippen LogP contribution in [0.15, 0.2) is 24.3 Å². The minimum Gasteiger partial charge on any atom is -0.486 e. The zero-order valence-corrected chi connectivity index (χ0v) is 10.6. The first-order valence-electron chi connectivity index (χ1n) is 6.31. The Balaban J connectivity index is 1.94. The monoisotopic (exact) mass is 246 g/mol. The van der Waals surface area contributed by atoms with Crippen molar-refractivity contribution in [2.45, 2.75) is 19.4 Å². The molecule has 0 N–H and O–H groups in total. The van der Waals surface area contributed by atoms with E-state index in [1.54, 1.807) is 0 Å². The van der Waals surface area contributed by atoms with Gasteiger partial charge in [-0.05, 0) is 25.1 Å². The first-order chi connectivity index (χ1) is 8.83. The minimum absolute atomic E-state index is 0.000185. The van der Waals surface area contributed by atoms with E-state index >= 15 is 0 Å². The van der Waals surface area contributed by atoms with Gasteiger partial charge in [0.2, 0.25) is 0 Å². The van der Waals surface area contributed by atoms with Gasteiger partial charge >= 0.3 is 0 Å². The van der Waals surface area contributed by atoms with E-state index in [9.17, 15) is 0 Å². The summed E-state index contributed by atoms with van der Waals surface area (Å²) in [6.45, 7) is 4.74. The standard InChI is InChI=1S/C14H18N2O2/c1-2-8-16(9-7-15)10-12-11-17-13-5-3-4-6-14(13)18-12/h3-6,12H,2,8-11H2,1H3/t12-/m0/s1. The number of nitriles is 1. The van der Waals surface area contributed by atoms with E-state index < -0.39 is 0 Å². The zero-order valence-electron chi connectivity index (χ0n) is 10.6. The Bertz CT molecular complexity index is 428. The number of rotatable bonds is 5. The third-order valence-corrected chi connectivity index (χ3v) is 2.86. The highest BCUT2D eigenvalue weighted by Crippen LogP contribution is 2.30. The van der Waals surface area contributed by atoms with Gasteiger partial charge in [0.1, 0.15) is 12.7 Å². The first-order valence-corrected chi connectivity index (χ1v) is 6.31. The molecule has 18 heavy (non-hydrogen) atoms. The van der Waals surface area contributed by atoms with Crippen molar-refractivity contribution in [2.75, 3.05) is 26.2 Å². The highest BCUT2D eigenvalue weighted by molar-refractivity contribution is 5.40. The van der Waals surface area contributed by atoms with Gasteiger partial charge in [-0.25, -0.2) is 0 Å². The van der Waals surface area contributed by atoms with Gasteiger partial charge in [0.05, 0.1) is 12.6 Å². The molecule has 0 amide bonds. The Kier molecular flexibility index (Phi) is 4.43. The van der Waals surface area contributed by atoms with E-state index in [1.165, 1.54) is 0 Å². The Labute approximate surface area is 108 Å². The SMILES string of the molecule is CCCN(CC#N)C[C@H]1COc2ccccc2O1. The van der Waals surface area contributed by atoms with Gasteiger partial charge in [0.15, 0.2) is 11.5 Å². The highest BCUT2D eigenvalue weighted by Gasteiger charge is 2.22. The molecule has 1 atom stereocenters. The summed E-state index contributed by atoms with van der Waals surface area (Å²) < 4.78 is 11.5. The van der Waals surface area contributed by atoms with Crippen molar-refractivity contribution in [3.63, 3.8) is 0 Å². The molecule has 1 heterocycles. The molecule has 0 radical (unpaired) electrons. The number of hydrogen-bond acceptors (Lipinski definition) is 4. The summed E-state index contributed by atoms with van der Waals surface area (Å²) in [5, 5.41) is 8.79. The fraction of sp³-hybridized carbons (Fsp3) is 0.500. The molecule has 1 aliphatic rings. The Morgan fingerprint density at radius 3 is 2.89 bits per heavy atom. The second-order valence-electron chi connectivity index (χ2n) is 4.39. The lowest BCUT2D eigenvalue weighted by molar-refractivity contribution is 0.0622. The molecule has 0 bridgehead atoms. The molecule has 1 aromatic carbocycles. The van der Waals surface area contributed by atoms with Crippen molar-refractivity contribution in [3.8, 4) is 17.6 Å². The summed E-state index contributed by atoms with van der Waals surface area (Å²) in [7, 11) is 0. The third kappa shape index (κ3) is 3.14. The van der Waals surface area contributed by atoms with Crippen molar-refractivity contribution in [2.24, 2.45) is 0 Å². The summed E-state index contributed by atoms with van der Waals surface area (Å²) >= 11 is 0. The van der Waals surface area contributed by atoms with Crippen LogP contribution in [0.25, 0.3) is 0 Å². The number of ether oxygens (including phenoxy) is 2. The molecule has 4 heteroatoms. The Morgan fingerprint density at radius 1 is 1.39 bits per heavy atom. The van der Waals surface area contributed by atoms with Gasteiger partial charge in [0.25, 0.3) is 0 Å². The Morgan fingerprint density at radius 2 is 2.17 bits per heavy atom. The Hall–Kier alpha value is -1.73. The average Bonchev–Trinajstić information content (AvgIpc) is 2.39. The summed E-state index contributed by atoms with van der Waals surface area (Å²) in [5.74, 6) is 1.60. The van der Waals surface area contributed by atoms with Crippen LogP contribution in [0.5, 0.6) is 11.5 Å². The molecule has 0 unspecified atom stereocenters. The quantitative estimate of drug-likeness (QED) is 0.746. The average molecular weight is 246 g/mol. The molecule has 0 aromatic heterocycles. The van der Waals surface area contributed by atoms with Crippen LogP contribution >= 0.6 is 0 Å². The highest BCUT2D eigenvalue weighted by atomic mass is 16.6. The minimum atomic E-state index is -0.000185. The molecule has 0 fully saturated rings.